The number of hydrogen-bond donors (Lipinski definition) is 1. The van der Waals surface area contributed by atoms with Gasteiger partial charge in [-0.3, -0.25) is 0 Å². The summed E-state index contributed by atoms with van der Waals surface area (Å²) in [5.74, 6) is 0.542. The Kier molecular flexibility index (Phi) is 9.15. The van der Waals surface area contributed by atoms with Crippen molar-refractivity contribution in [3.8, 4) is 11.1 Å². The molecule has 0 amide bonds. The third-order valence-corrected chi connectivity index (χ3v) is 7.22. The van der Waals surface area contributed by atoms with Crippen LogP contribution in [0.15, 0.2) is 58.5 Å². The topological polar surface area (TPSA) is 104 Å². The van der Waals surface area contributed by atoms with Crippen LogP contribution in [0.1, 0.15) is 55.5 Å². The second-order valence-electron chi connectivity index (χ2n) is 8.58. The summed E-state index contributed by atoms with van der Waals surface area (Å²) >= 11 is 1.45. The summed E-state index contributed by atoms with van der Waals surface area (Å²) in [6.45, 7) is 6.39. The van der Waals surface area contributed by atoms with Gasteiger partial charge in [-0.05, 0) is 50.1 Å². The molecule has 0 bridgehead atoms. The predicted octanol–water partition coefficient (Wildman–Crippen LogP) is 5.07. The van der Waals surface area contributed by atoms with Gasteiger partial charge in [-0.15, -0.1) is 11.8 Å². The summed E-state index contributed by atoms with van der Waals surface area (Å²) in [7, 11) is -3.83. The van der Waals surface area contributed by atoms with Crippen molar-refractivity contribution in [3.63, 3.8) is 0 Å². The number of nitrogens with two attached hydrogens (primary N) is 1. The number of thioether (sulfide) groups is 1. The molecule has 188 valence electrons. The largest absolute Gasteiger partial charge is 0.458 e. The van der Waals surface area contributed by atoms with Crippen molar-refractivity contribution in [2.24, 2.45) is 5.14 Å². The summed E-state index contributed by atoms with van der Waals surface area (Å²) < 4.78 is 31.5. The van der Waals surface area contributed by atoms with E-state index < -0.39 is 10.0 Å². The third-order valence-electron chi connectivity index (χ3n) is 5.58. The van der Waals surface area contributed by atoms with E-state index in [-0.39, 0.29) is 17.0 Å². The van der Waals surface area contributed by atoms with Crippen molar-refractivity contribution in [1.82, 2.24) is 9.55 Å². The summed E-state index contributed by atoms with van der Waals surface area (Å²) in [5, 5.41) is 6.08. The van der Waals surface area contributed by atoms with Crippen molar-refractivity contribution in [2.45, 2.75) is 69.0 Å². The Hall–Kier alpha value is -2.62. The molecule has 0 unspecified atom stereocenters. The maximum absolute atomic E-state index is 12.9. The van der Waals surface area contributed by atoms with Gasteiger partial charge >= 0.3 is 5.97 Å². The van der Waals surface area contributed by atoms with Crippen LogP contribution in [-0.4, -0.2) is 36.3 Å². The van der Waals surface area contributed by atoms with Gasteiger partial charge < -0.3 is 9.30 Å². The summed E-state index contributed by atoms with van der Waals surface area (Å²) in [6, 6.07) is 14.4. The first kappa shape index (κ1) is 27.0. The van der Waals surface area contributed by atoms with Gasteiger partial charge in [0.25, 0.3) is 0 Å². The lowest BCUT2D eigenvalue weighted by atomic mass is 10.0. The van der Waals surface area contributed by atoms with Gasteiger partial charge in [-0.1, -0.05) is 55.8 Å². The van der Waals surface area contributed by atoms with Crippen molar-refractivity contribution < 1.29 is 17.9 Å². The van der Waals surface area contributed by atoms with E-state index in [0.717, 1.165) is 36.2 Å². The van der Waals surface area contributed by atoms with Gasteiger partial charge in [0.15, 0.2) is 5.69 Å². The molecule has 0 spiro atoms. The van der Waals surface area contributed by atoms with Gasteiger partial charge in [-0.2, -0.15) is 0 Å². The zero-order chi connectivity index (χ0) is 25.6. The number of imidazole rings is 1. The molecule has 0 fully saturated rings. The van der Waals surface area contributed by atoms with Crippen LogP contribution >= 0.6 is 11.8 Å². The highest BCUT2D eigenvalue weighted by Gasteiger charge is 2.24. The first-order valence-electron chi connectivity index (χ1n) is 11.7. The Morgan fingerprint density at radius 2 is 1.80 bits per heavy atom. The van der Waals surface area contributed by atoms with Crippen molar-refractivity contribution in [2.75, 3.05) is 6.26 Å². The maximum atomic E-state index is 12.9. The molecule has 1 aromatic heterocycles. The molecule has 2 N–H and O–H groups in total. The Morgan fingerprint density at radius 1 is 1.11 bits per heavy atom. The fourth-order valence-corrected chi connectivity index (χ4v) is 5.24. The van der Waals surface area contributed by atoms with E-state index >= 15 is 0 Å². The van der Waals surface area contributed by atoms with Crippen molar-refractivity contribution in [1.29, 1.82) is 0 Å². The van der Waals surface area contributed by atoms with Gasteiger partial charge in [0.05, 0.1) is 11.0 Å². The second kappa shape index (κ2) is 11.9. The number of sulfonamides is 1. The van der Waals surface area contributed by atoms with E-state index in [1.54, 1.807) is 18.2 Å². The summed E-state index contributed by atoms with van der Waals surface area (Å²) in [5.41, 5.74) is 2.92. The monoisotopic (exact) mass is 515 g/mol. The SMILES string of the molecule is CCCCc1nc(SC)c(C(=O)OC(C)C)n1CCc1ccc(-c2ccccc2S(N)(=O)=O)cc1. The first-order chi connectivity index (χ1) is 16.7. The molecular weight excluding hydrogens is 482 g/mol. The molecule has 0 aliphatic heterocycles. The van der Waals surface area contributed by atoms with Crippen LogP contribution in [-0.2, 0) is 34.1 Å². The minimum Gasteiger partial charge on any atom is -0.458 e. The van der Waals surface area contributed by atoms with Crippen molar-refractivity contribution >= 4 is 27.8 Å². The van der Waals surface area contributed by atoms with E-state index in [4.69, 9.17) is 14.9 Å². The number of rotatable bonds is 11. The number of aromatic nitrogens is 2. The molecule has 0 saturated carbocycles. The number of carbonyl (C=O) groups excluding carboxylic acids is 1. The average Bonchev–Trinajstić information content (AvgIpc) is 3.18. The van der Waals surface area contributed by atoms with Crippen LogP contribution in [0.4, 0.5) is 0 Å². The Bertz CT molecular complexity index is 1270. The molecule has 0 aliphatic carbocycles. The smallest absolute Gasteiger partial charge is 0.358 e. The van der Waals surface area contributed by atoms with Crippen LogP contribution < -0.4 is 5.14 Å². The first-order valence-corrected chi connectivity index (χ1v) is 14.5. The molecule has 0 aliphatic rings. The number of primary sulfonamides is 1. The quantitative estimate of drug-likeness (QED) is 0.282. The number of benzene rings is 2. The predicted molar refractivity (Wildman–Crippen MR) is 140 cm³/mol. The fourth-order valence-electron chi connectivity index (χ4n) is 3.90. The average molecular weight is 516 g/mol. The normalized spacial score (nSPS) is 11.7. The molecule has 2 aromatic carbocycles. The van der Waals surface area contributed by atoms with E-state index in [2.05, 4.69) is 6.92 Å². The van der Waals surface area contributed by atoms with Gasteiger partial charge in [0.2, 0.25) is 10.0 Å². The van der Waals surface area contributed by atoms with E-state index in [1.165, 1.54) is 17.8 Å². The van der Waals surface area contributed by atoms with E-state index in [0.29, 0.717) is 29.2 Å². The zero-order valence-corrected chi connectivity index (χ0v) is 22.3. The second-order valence-corrected chi connectivity index (χ2v) is 10.9. The van der Waals surface area contributed by atoms with Gasteiger partial charge in [0, 0.05) is 18.5 Å². The maximum Gasteiger partial charge on any atom is 0.358 e. The molecule has 1 heterocycles. The van der Waals surface area contributed by atoms with Crippen LogP contribution in [0.25, 0.3) is 11.1 Å². The number of ether oxygens (including phenoxy) is 1. The van der Waals surface area contributed by atoms with Crippen LogP contribution in [0.3, 0.4) is 0 Å². The van der Waals surface area contributed by atoms with E-state index in [9.17, 15) is 13.2 Å². The van der Waals surface area contributed by atoms with Crippen LogP contribution in [0.2, 0.25) is 0 Å². The Balaban J connectivity index is 1.88. The van der Waals surface area contributed by atoms with Crippen LogP contribution in [0.5, 0.6) is 0 Å². The third kappa shape index (κ3) is 6.74. The molecule has 9 heteroatoms. The molecule has 3 aromatic rings. The highest BCUT2D eigenvalue weighted by atomic mass is 32.2. The van der Waals surface area contributed by atoms with Crippen molar-refractivity contribution in [3.05, 3.63) is 65.6 Å². The standard InChI is InChI=1S/C26H33N3O4S2/c1-5-6-11-23-28-25(34-4)24(26(30)33-18(2)3)29(23)17-16-19-12-14-20(15-13-19)21-9-7-8-10-22(21)35(27,31)32/h7-10,12-15,18H,5-6,11,16-17H2,1-4H3,(H2,27,31,32). The van der Waals surface area contributed by atoms with Crippen LogP contribution in [0, 0.1) is 0 Å². The lowest BCUT2D eigenvalue weighted by molar-refractivity contribution is 0.0360. The minimum absolute atomic E-state index is 0.102. The van der Waals surface area contributed by atoms with Gasteiger partial charge in [0.1, 0.15) is 10.9 Å². The number of unbranched alkanes of at least 4 members (excludes halogenated alkanes) is 1. The van der Waals surface area contributed by atoms with Gasteiger partial charge in [-0.25, -0.2) is 23.3 Å². The Labute approximate surface area is 212 Å². The Morgan fingerprint density at radius 3 is 2.40 bits per heavy atom. The number of esters is 1. The molecule has 3 rings (SSSR count). The zero-order valence-electron chi connectivity index (χ0n) is 20.7. The fraction of sp³-hybridized carbons (Fsp3) is 0.385. The molecule has 7 nitrogen and oxygen atoms in total. The molecular formula is C26H33N3O4S2. The summed E-state index contributed by atoms with van der Waals surface area (Å²) in [4.78, 5) is 17.8. The highest BCUT2D eigenvalue weighted by Crippen LogP contribution is 2.28. The number of carbonyl (C=O) groups is 1. The molecule has 0 saturated heterocycles. The molecule has 0 atom stereocenters. The number of aryl methyl sites for hydroxylation is 2. The molecule has 35 heavy (non-hydrogen) atoms. The number of hydrogen-bond acceptors (Lipinski definition) is 6. The van der Waals surface area contributed by atoms with E-state index in [1.807, 2.05) is 48.9 Å². The molecule has 0 radical (unpaired) electrons. The number of nitrogens with zero attached hydrogens (tertiary/aromatic N) is 2. The highest BCUT2D eigenvalue weighted by molar-refractivity contribution is 7.98. The summed E-state index contributed by atoms with van der Waals surface area (Å²) in [6.07, 6.45) is 5.20. The lowest BCUT2D eigenvalue weighted by Crippen LogP contribution is -2.19. The lowest BCUT2D eigenvalue weighted by Gasteiger charge is -2.14. The minimum atomic E-state index is -3.83.